The van der Waals surface area contributed by atoms with Crippen LogP contribution in [0.1, 0.15) is 17.2 Å². The van der Waals surface area contributed by atoms with E-state index in [0.717, 1.165) is 11.1 Å². The van der Waals surface area contributed by atoms with Crippen molar-refractivity contribution in [2.75, 3.05) is 6.61 Å². The highest BCUT2D eigenvalue weighted by Crippen LogP contribution is 2.34. The lowest BCUT2D eigenvalue weighted by molar-refractivity contribution is -0.121. The molecule has 1 atom stereocenters. The molecule has 0 radical (unpaired) electrons. The molecular weight excluding hydrogens is 413 g/mol. The Bertz CT molecular complexity index is 1090. The van der Waals surface area contributed by atoms with E-state index in [2.05, 4.69) is 59.9 Å². The van der Waals surface area contributed by atoms with Gasteiger partial charge in [0.1, 0.15) is 0 Å². The minimum absolute atomic E-state index is 0.101. The van der Waals surface area contributed by atoms with Crippen molar-refractivity contribution < 1.29 is 9.90 Å². The number of aliphatic hydroxyl groups excluding tert-OH is 1. The number of carbonyl (C=O) groups is 1. The molecule has 32 heavy (non-hydrogen) atoms. The third kappa shape index (κ3) is 5.31. The first-order valence-electron chi connectivity index (χ1n) is 10.7. The zero-order valence-electron chi connectivity index (χ0n) is 17.8. The van der Waals surface area contributed by atoms with Crippen molar-refractivity contribution in [2.24, 2.45) is 0 Å². The van der Waals surface area contributed by atoms with Gasteiger partial charge in [0.15, 0.2) is 0 Å². The lowest BCUT2D eigenvalue weighted by Crippen LogP contribution is -2.33. The molecule has 0 aliphatic rings. The van der Waals surface area contributed by atoms with Gasteiger partial charge in [-0.3, -0.25) is 4.79 Å². The molecule has 0 aromatic heterocycles. The average molecular weight is 439 g/mol. The van der Waals surface area contributed by atoms with Crippen molar-refractivity contribution in [1.82, 2.24) is 5.32 Å². The molecule has 0 spiro atoms. The summed E-state index contributed by atoms with van der Waals surface area (Å²) < 4.78 is 0. The Morgan fingerprint density at radius 3 is 1.78 bits per heavy atom. The van der Waals surface area contributed by atoms with Crippen molar-refractivity contribution in [3.05, 3.63) is 126 Å². The maximum Gasteiger partial charge on any atom is 0.225 e. The topological polar surface area (TPSA) is 49.3 Å². The van der Waals surface area contributed by atoms with Crippen LogP contribution in [-0.2, 0) is 11.2 Å². The molecule has 0 aliphatic carbocycles. The van der Waals surface area contributed by atoms with Gasteiger partial charge in [0.2, 0.25) is 5.91 Å². The molecule has 4 heteroatoms. The van der Waals surface area contributed by atoms with Gasteiger partial charge in [-0.25, -0.2) is 0 Å². The number of benzene rings is 4. The van der Waals surface area contributed by atoms with Crippen molar-refractivity contribution >= 4 is 29.7 Å². The Hall–Kier alpha value is -3.26. The van der Waals surface area contributed by atoms with Gasteiger partial charge in [-0.05, 0) is 35.0 Å². The molecule has 0 saturated heterocycles. The standard InChI is InChI=1S/C28H26NO2P/c30-21-26(22-12-4-1-5-13-22)29-28(31)20-23-14-10-11-19-27(23)32(24-15-6-2-7-16-24)25-17-8-3-9-18-25/h1-19,26,30H,20-21H2,(H,29,31)/t26-/m1/s1. The maximum absolute atomic E-state index is 13.0. The molecule has 0 heterocycles. The molecule has 2 N–H and O–H groups in total. The molecule has 4 aromatic carbocycles. The second-order valence-electron chi connectivity index (χ2n) is 7.53. The zero-order chi connectivity index (χ0) is 22.2. The van der Waals surface area contributed by atoms with Gasteiger partial charge in [-0.2, -0.15) is 0 Å². The third-order valence-corrected chi connectivity index (χ3v) is 7.88. The Morgan fingerprint density at radius 1 is 0.719 bits per heavy atom. The van der Waals surface area contributed by atoms with E-state index in [9.17, 15) is 9.90 Å². The van der Waals surface area contributed by atoms with Gasteiger partial charge in [0.05, 0.1) is 19.1 Å². The van der Waals surface area contributed by atoms with Crippen LogP contribution in [0.25, 0.3) is 0 Å². The maximum atomic E-state index is 13.0. The molecular formula is C28H26NO2P. The zero-order valence-corrected chi connectivity index (χ0v) is 18.7. The van der Waals surface area contributed by atoms with E-state index < -0.39 is 14.0 Å². The monoisotopic (exact) mass is 439 g/mol. The van der Waals surface area contributed by atoms with E-state index in [0.29, 0.717) is 0 Å². The smallest absolute Gasteiger partial charge is 0.225 e. The highest BCUT2D eigenvalue weighted by Gasteiger charge is 2.21. The highest BCUT2D eigenvalue weighted by atomic mass is 31.1. The van der Waals surface area contributed by atoms with Gasteiger partial charge < -0.3 is 10.4 Å². The number of carbonyl (C=O) groups excluding carboxylic acids is 1. The van der Waals surface area contributed by atoms with E-state index in [1.807, 2.05) is 60.7 Å². The first-order chi connectivity index (χ1) is 15.8. The van der Waals surface area contributed by atoms with Crippen molar-refractivity contribution in [3.63, 3.8) is 0 Å². The van der Waals surface area contributed by atoms with E-state index in [-0.39, 0.29) is 18.9 Å². The predicted octanol–water partition coefficient (Wildman–Crippen LogP) is 3.84. The Balaban J connectivity index is 1.63. The fourth-order valence-electron chi connectivity index (χ4n) is 3.80. The SMILES string of the molecule is O=C(Cc1ccccc1P(c1ccccc1)c1ccccc1)N[C@H](CO)c1ccccc1. The fourth-order valence-corrected chi connectivity index (χ4v) is 6.27. The lowest BCUT2D eigenvalue weighted by Gasteiger charge is -2.23. The molecule has 4 aromatic rings. The molecule has 160 valence electrons. The van der Waals surface area contributed by atoms with Gasteiger partial charge in [0, 0.05) is 0 Å². The third-order valence-electron chi connectivity index (χ3n) is 5.33. The molecule has 0 bridgehead atoms. The number of rotatable bonds is 8. The summed E-state index contributed by atoms with van der Waals surface area (Å²) in [7, 11) is -0.795. The molecule has 0 aliphatic heterocycles. The summed E-state index contributed by atoms with van der Waals surface area (Å²) in [5.74, 6) is -0.101. The van der Waals surface area contributed by atoms with Crippen molar-refractivity contribution in [2.45, 2.75) is 12.5 Å². The summed E-state index contributed by atoms with van der Waals surface area (Å²) in [6.45, 7) is -0.141. The van der Waals surface area contributed by atoms with Crippen LogP contribution in [0.3, 0.4) is 0 Å². The normalized spacial score (nSPS) is 11.8. The molecule has 4 rings (SSSR count). The lowest BCUT2D eigenvalue weighted by atomic mass is 10.1. The summed E-state index contributed by atoms with van der Waals surface area (Å²) in [5.41, 5.74) is 1.90. The van der Waals surface area contributed by atoms with Gasteiger partial charge in [0.25, 0.3) is 0 Å². The Kier molecular flexibility index (Phi) is 7.45. The van der Waals surface area contributed by atoms with Crippen molar-refractivity contribution in [3.8, 4) is 0 Å². The number of hydrogen-bond donors (Lipinski definition) is 2. The van der Waals surface area contributed by atoms with Crippen LogP contribution in [0.4, 0.5) is 0 Å². The van der Waals surface area contributed by atoms with Crippen LogP contribution in [0.5, 0.6) is 0 Å². The highest BCUT2D eigenvalue weighted by molar-refractivity contribution is 7.79. The van der Waals surface area contributed by atoms with Crippen LogP contribution in [0.15, 0.2) is 115 Å². The van der Waals surface area contributed by atoms with Crippen LogP contribution in [-0.4, -0.2) is 17.6 Å². The van der Waals surface area contributed by atoms with Crippen molar-refractivity contribution in [1.29, 1.82) is 0 Å². The summed E-state index contributed by atoms with van der Waals surface area (Å²) >= 11 is 0. The minimum atomic E-state index is -0.795. The second-order valence-corrected chi connectivity index (χ2v) is 9.71. The van der Waals surface area contributed by atoms with E-state index in [1.165, 1.54) is 15.9 Å². The van der Waals surface area contributed by atoms with E-state index in [4.69, 9.17) is 0 Å². The number of aliphatic hydroxyl groups is 1. The van der Waals surface area contributed by atoms with Gasteiger partial charge in [-0.15, -0.1) is 0 Å². The van der Waals surface area contributed by atoms with Crippen LogP contribution >= 0.6 is 7.92 Å². The first kappa shape index (κ1) is 22.0. The van der Waals surface area contributed by atoms with E-state index >= 15 is 0 Å². The molecule has 0 unspecified atom stereocenters. The van der Waals surface area contributed by atoms with Crippen LogP contribution in [0.2, 0.25) is 0 Å². The predicted molar refractivity (Wildman–Crippen MR) is 133 cm³/mol. The largest absolute Gasteiger partial charge is 0.394 e. The number of hydrogen-bond acceptors (Lipinski definition) is 2. The summed E-state index contributed by atoms with van der Waals surface area (Å²) in [6, 6.07) is 38.3. The first-order valence-corrected chi connectivity index (χ1v) is 12.0. The summed E-state index contributed by atoms with van der Waals surface area (Å²) in [5, 5.41) is 16.5. The molecule has 3 nitrogen and oxygen atoms in total. The molecule has 1 amide bonds. The Labute approximate surface area is 190 Å². The summed E-state index contributed by atoms with van der Waals surface area (Å²) in [6.07, 6.45) is 0.262. The quantitative estimate of drug-likeness (QED) is 0.410. The number of amides is 1. The summed E-state index contributed by atoms with van der Waals surface area (Å²) in [4.78, 5) is 13.0. The second kappa shape index (κ2) is 10.9. The molecule has 0 saturated carbocycles. The molecule has 0 fully saturated rings. The van der Waals surface area contributed by atoms with Crippen LogP contribution in [0, 0.1) is 0 Å². The van der Waals surface area contributed by atoms with E-state index in [1.54, 1.807) is 0 Å². The van der Waals surface area contributed by atoms with Gasteiger partial charge in [-0.1, -0.05) is 115 Å². The fraction of sp³-hybridized carbons (Fsp3) is 0.107. The Morgan fingerprint density at radius 2 is 1.22 bits per heavy atom. The minimum Gasteiger partial charge on any atom is -0.394 e. The van der Waals surface area contributed by atoms with Gasteiger partial charge >= 0.3 is 0 Å². The number of nitrogens with one attached hydrogen (secondary N) is 1. The van der Waals surface area contributed by atoms with Crippen LogP contribution < -0.4 is 21.2 Å². The average Bonchev–Trinajstić information content (AvgIpc) is 2.86.